The number of aryl methyl sites for hydroxylation is 2. The number of halogens is 1. The van der Waals surface area contributed by atoms with Gasteiger partial charge in [0.25, 0.3) is 5.91 Å². The van der Waals surface area contributed by atoms with E-state index in [-0.39, 0.29) is 31.6 Å². The summed E-state index contributed by atoms with van der Waals surface area (Å²) in [6.07, 6.45) is 5.64. The van der Waals surface area contributed by atoms with Gasteiger partial charge in [0.15, 0.2) is 0 Å². The number of hydrogen-bond donors (Lipinski definition) is 4. The Kier molecular flexibility index (Phi) is 6.85. The molecule has 2 saturated carbocycles. The number of anilines is 1. The number of benzene rings is 1. The van der Waals surface area contributed by atoms with Crippen LogP contribution in [0.25, 0.3) is 11.1 Å². The normalized spacial score (nSPS) is 17.0. The van der Waals surface area contributed by atoms with E-state index >= 15 is 4.39 Å². The standard InChI is InChI=1S/C27H33FN6O3.H2/c1-14(13-35)34-22(10-11-29-34)26(36)31-25(24(17-4-5-17)18-6-7-18)27(37)30-19-8-9-20(21(28)12-19)23-15(2)32-33-16(23)3;/h8-12,14,17-18,24-25,35H,4-7,13H2,1-3H3,(H,30,37)(H,31,36)(H,32,33);1H/t14-,25-;/m0./s1. The molecule has 2 amide bonds. The Morgan fingerprint density at radius 2 is 1.92 bits per heavy atom. The van der Waals surface area contributed by atoms with Crippen molar-refractivity contribution in [3.63, 3.8) is 0 Å². The molecule has 10 heteroatoms. The van der Waals surface area contributed by atoms with E-state index in [0.717, 1.165) is 31.4 Å². The highest BCUT2D eigenvalue weighted by molar-refractivity contribution is 6.01. The fraction of sp³-hybridized carbons (Fsp3) is 0.481. The van der Waals surface area contributed by atoms with Crippen LogP contribution < -0.4 is 10.6 Å². The van der Waals surface area contributed by atoms with E-state index in [0.29, 0.717) is 34.3 Å². The molecule has 2 aromatic heterocycles. The van der Waals surface area contributed by atoms with Gasteiger partial charge >= 0.3 is 0 Å². The third-order valence-electron chi connectivity index (χ3n) is 7.51. The van der Waals surface area contributed by atoms with Crippen LogP contribution in [0.1, 0.15) is 62.0 Å². The van der Waals surface area contributed by atoms with Crippen molar-refractivity contribution >= 4 is 17.5 Å². The van der Waals surface area contributed by atoms with Crippen LogP contribution in [0.2, 0.25) is 0 Å². The van der Waals surface area contributed by atoms with E-state index in [9.17, 15) is 14.7 Å². The van der Waals surface area contributed by atoms with E-state index in [1.165, 1.54) is 16.9 Å². The molecular weight excluding hydrogens is 475 g/mol. The number of hydrogen-bond acceptors (Lipinski definition) is 5. The van der Waals surface area contributed by atoms with Gasteiger partial charge in [0.2, 0.25) is 5.91 Å². The lowest BCUT2D eigenvalue weighted by atomic mass is 9.88. The lowest BCUT2D eigenvalue weighted by Gasteiger charge is -2.28. The highest BCUT2D eigenvalue weighted by Crippen LogP contribution is 2.51. The molecule has 2 aliphatic rings. The molecule has 2 atom stereocenters. The van der Waals surface area contributed by atoms with Gasteiger partial charge in [-0.25, -0.2) is 4.39 Å². The molecule has 3 aromatic rings. The molecule has 4 N–H and O–H groups in total. The summed E-state index contributed by atoms with van der Waals surface area (Å²) in [4.78, 5) is 26.9. The highest BCUT2D eigenvalue weighted by atomic mass is 19.1. The molecule has 2 heterocycles. The summed E-state index contributed by atoms with van der Waals surface area (Å²) < 4.78 is 16.6. The number of nitrogens with one attached hydrogen (secondary N) is 3. The predicted octanol–water partition coefficient (Wildman–Crippen LogP) is 4.00. The summed E-state index contributed by atoms with van der Waals surface area (Å²) in [5.74, 6) is -0.449. The Morgan fingerprint density at radius 1 is 1.22 bits per heavy atom. The van der Waals surface area contributed by atoms with Gasteiger partial charge in [0.05, 0.1) is 18.3 Å². The van der Waals surface area contributed by atoms with Crippen LogP contribution in [0.4, 0.5) is 10.1 Å². The molecule has 2 aliphatic carbocycles. The predicted molar refractivity (Wildman–Crippen MR) is 138 cm³/mol. The number of carbonyl (C=O) groups is 2. The summed E-state index contributed by atoms with van der Waals surface area (Å²) in [5, 5.41) is 26.5. The molecule has 1 aromatic carbocycles. The molecular formula is C27H35FN6O3. The fourth-order valence-electron chi connectivity index (χ4n) is 5.33. The van der Waals surface area contributed by atoms with Crippen LogP contribution in [0.5, 0.6) is 0 Å². The average molecular weight is 511 g/mol. The maximum Gasteiger partial charge on any atom is 0.270 e. The summed E-state index contributed by atoms with van der Waals surface area (Å²) in [7, 11) is 0. The fourth-order valence-corrected chi connectivity index (χ4v) is 5.33. The Labute approximate surface area is 216 Å². The van der Waals surface area contributed by atoms with Crippen LogP contribution in [0.3, 0.4) is 0 Å². The van der Waals surface area contributed by atoms with Gasteiger partial charge in [-0.1, -0.05) is 0 Å². The minimum Gasteiger partial charge on any atom is -0.394 e. The molecule has 0 aliphatic heterocycles. The minimum absolute atomic E-state index is 0. The third kappa shape index (κ3) is 5.16. The topological polar surface area (TPSA) is 125 Å². The number of aliphatic hydroxyl groups is 1. The number of carbonyl (C=O) groups excluding carboxylic acids is 2. The number of aliphatic hydroxyl groups excluding tert-OH is 1. The second-order valence-corrected chi connectivity index (χ2v) is 10.4. The summed E-state index contributed by atoms with van der Waals surface area (Å²) in [6, 6.07) is 5.04. The molecule has 0 saturated heterocycles. The number of aromatic amines is 1. The smallest absolute Gasteiger partial charge is 0.270 e. The number of aromatic nitrogens is 4. The second-order valence-electron chi connectivity index (χ2n) is 10.4. The van der Waals surface area contributed by atoms with Gasteiger partial charge in [-0.05, 0) is 88.5 Å². The van der Waals surface area contributed by atoms with Crippen molar-refractivity contribution in [1.82, 2.24) is 25.3 Å². The Hall–Kier alpha value is -3.53. The third-order valence-corrected chi connectivity index (χ3v) is 7.51. The first-order valence-electron chi connectivity index (χ1n) is 12.9. The minimum atomic E-state index is -0.763. The van der Waals surface area contributed by atoms with Crippen LogP contribution in [0.15, 0.2) is 30.5 Å². The summed E-state index contributed by atoms with van der Waals surface area (Å²) >= 11 is 0. The zero-order chi connectivity index (χ0) is 26.3. The van der Waals surface area contributed by atoms with E-state index in [1.54, 1.807) is 25.1 Å². The van der Waals surface area contributed by atoms with Crippen LogP contribution in [-0.4, -0.2) is 49.5 Å². The Balaban J connectivity index is 0.00000336. The number of H-pyrrole nitrogens is 1. The first-order chi connectivity index (χ1) is 17.8. The van der Waals surface area contributed by atoms with Crippen molar-refractivity contribution in [1.29, 1.82) is 0 Å². The molecule has 0 radical (unpaired) electrons. The van der Waals surface area contributed by atoms with Gasteiger partial charge in [-0.3, -0.25) is 19.4 Å². The van der Waals surface area contributed by atoms with E-state index in [1.807, 2.05) is 13.8 Å². The van der Waals surface area contributed by atoms with Gasteiger partial charge in [0, 0.05) is 30.1 Å². The van der Waals surface area contributed by atoms with Crippen molar-refractivity contribution in [2.24, 2.45) is 17.8 Å². The van der Waals surface area contributed by atoms with Crippen molar-refractivity contribution < 1.29 is 20.5 Å². The molecule has 0 spiro atoms. The van der Waals surface area contributed by atoms with Crippen LogP contribution in [0, 0.1) is 37.4 Å². The summed E-state index contributed by atoms with van der Waals surface area (Å²) in [6.45, 7) is 5.24. The van der Waals surface area contributed by atoms with Crippen molar-refractivity contribution in [2.75, 3.05) is 11.9 Å². The maximum atomic E-state index is 15.1. The van der Waals surface area contributed by atoms with Crippen molar-refractivity contribution in [3.05, 3.63) is 53.4 Å². The molecule has 37 heavy (non-hydrogen) atoms. The maximum absolute atomic E-state index is 15.1. The molecule has 0 unspecified atom stereocenters. The van der Waals surface area contributed by atoms with E-state index < -0.39 is 17.8 Å². The number of rotatable bonds is 10. The lowest BCUT2D eigenvalue weighted by Crippen LogP contribution is -2.50. The zero-order valence-electron chi connectivity index (χ0n) is 21.3. The quantitative estimate of drug-likeness (QED) is 0.328. The zero-order valence-corrected chi connectivity index (χ0v) is 21.3. The molecule has 9 nitrogen and oxygen atoms in total. The second kappa shape index (κ2) is 10.1. The van der Waals surface area contributed by atoms with Gasteiger partial charge < -0.3 is 15.7 Å². The summed E-state index contributed by atoms with van der Waals surface area (Å²) in [5.41, 5.74) is 3.19. The number of nitrogens with zero attached hydrogens (tertiary/aromatic N) is 3. The van der Waals surface area contributed by atoms with Crippen LogP contribution in [-0.2, 0) is 4.79 Å². The number of amides is 2. The molecule has 5 rings (SSSR count). The Morgan fingerprint density at radius 3 is 2.49 bits per heavy atom. The van der Waals surface area contributed by atoms with Crippen molar-refractivity contribution in [2.45, 2.75) is 58.5 Å². The average Bonchev–Trinajstić information content (AvgIpc) is 3.81. The molecule has 0 bridgehead atoms. The van der Waals surface area contributed by atoms with Gasteiger partial charge in [0.1, 0.15) is 17.6 Å². The van der Waals surface area contributed by atoms with E-state index in [2.05, 4.69) is 25.9 Å². The van der Waals surface area contributed by atoms with E-state index in [4.69, 9.17) is 0 Å². The molecule has 198 valence electrons. The SMILES string of the molecule is Cc1n[nH]c(C)c1-c1ccc(NC(=O)[C@@H](NC(=O)c2ccnn2[C@@H](C)CO)C(C2CC2)C2CC2)cc1F.[HH]. The lowest BCUT2D eigenvalue weighted by molar-refractivity contribution is -0.119. The van der Waals surface area contributed by atoms with Gasteiger partial charge in [-0.2, -0.15) is 10.2 Å². The molecule has 2 fully saturated rings. The highest BCUT2D eigenvalue weighted by Gasteiger charge is 2.48. The first-order valence-corrected chi connectivity index (χ1v) is 12.9. The van der Waals surface area contributed by atoms with Crippen LogP contribution >= 0.6 is 0 Å². The Bertz CT molecular complexity index is 1280. The first kappa shape index (κ1) is 25.1. The van der Waals surface area contributed by atoms with Crippen molar-refractivity contribution in [3.8, 4) is 11.1 Å². The monoisotopic (exact) mass is 510 g/mol. The van der Waals surface area contributed by atoms with Gasteiger partial charge in [-0.15, -0.1) is 0 Å². The largest absolute Gasteiger partial charge is 0.394 e.